The smallest absolute Gasteiger partial charge is 0.320 e. The average Bonchev–Trinajstić information content (AvgIpc) is 3.91. The SMILES string of the molecule is COc1ccc2c(OC3CC4C(=O)NC5(C(=O)NS(=O)(=O)C6CC6)CC5/C=C/CCCCN(C)C(=O)N4C3)nc(Cl)cc2c1. The van der Waals surface area contributed by atoms with Gasteiger partial charge in [0.2, 0.25) is 21.8 Å². The van der Waals surface area contributed by atoms with E-state index in [1.54, 1.807) is 31.2 Å². The Morgan fingerprint density at radius 1 is 1.20 bits per heavy atom. The Morgan fingerprint density at radius 2 is 2.00 bits per heavy atom. The summed E-state index contributed by atoms with van der Waals surface area (Å²) in [6, 6.07) is 5.80. The zero-order valence-electron chi connectivity index (χ0n) is 24.6. The van der Waals surface area contributed by atoms with Crippen molar-refractivity contribution in [2.75, 3.05) is 27.2 Å². The summed E-state index contributed by atoms with van der Waals surface area (Å²) in [6.45, 7) is 0.617. The van der Waals surface area contributed by atoms with Crippen LogP contribution in [0.4, 0.5) is 4.79 Å². The van der Waals surface area contributed by atoms with E-state index in [-0.39, 0.29) is 42.4 Å². The van der Waals surface area contributed by atoms with Crippen LogP contribution in [-0.2, 0) is 19.6 Å². The van der Waals surface area contributed by atoms with Gasteiger partial charge >= 0.3 is 6.03 Å². The molecule has 4 aliphatic rings. The summed E-state index contributed by atoms with van der Waals surface area (Å²) in [5.74, 6) is -0.739. The quantitative estimate of drug-likeness (QED) is 0.360. The molecule has 0 bridgehead atoms. The lowest BCUT2D eigenvalue weighted by molar-refractivity contribution is -0.131. The predicted octanol–water partition coefficient (Wildman–Crippen LogP) is 2.99. The standard InChI is InChI=1S/C30H36ClN5O7S/c1-35-12-6-4-3-5-7-19-16-30(19,28(38)34-44(40,41)22-9-10-22)33-26(37)24-15-21(17-36(24)29(35)39)43-27-23-11-8-20(42-2)13-18(23)14-25(31)32-27/h5,7-8,11,13-14,19,21-22,24H,3-4,6,9-10,12,15-17H2,1-2H3,(H,33,37)(H,34,38)/b7-5+. The lowest BCUT2D eigenvalue weighted by Crippen LogP contribution is -2.57. The third-order valence-corrected chi connectivity index (χ3v) is 10.8. The van der Waals surface area contributed by atoms with Crippen LogP contribution in [0.1, 0.15) is 44.9 Å². The first-order valence-electron chi connectivity index (χ1n) is 14.9. The van der Waals surface area contributed by atoms with Crippen LogP contribution in [-0.4, -0.2) is 91.2 Å². The van der Waals surface area contributed by atoms with E-state index in [1.807, 2.05) is 24.3 Å². The fourth-order valence-electron chi connectivity index (χ4n) is 6.04. The highest BCUT2D eigenvalue weighted by Crippen LogP contribution is 2.46. The van der Waals surface area contributed by atoms with Gasteiger partial charge in [-0.2, -0.15) is 0 Å². The normalized spacial score (nSPS) is 28.4. The van der Waals surface area contributed by atoms with Crippen molar-refractivity contribution >= 4 is 50.2 Å². The lowest BCUT2D eigenvalue weighted by Gasteiger charge is -2.30. The molecule has 2 N–H and O–H groups in total. The summed E-state index contributed by atoms with van der Waals surface area (Å²) in [5.41, 5.74) is -1.41. The number of rotatable bonds is 6. The van der Waals surface area contributed by atoms with Crippen molar-refractivity contribution < 1.29 is 32.3 Å². The molecule has 3 heterocycles. The van der Waals surface area contributed by atoms with E-state index in [0.717, 1.165) is 24.6 Å². The first-order chi connectivity index (χ1) is 21.0. The molecular weight excluding hydrogens is 610 g/mol. The molecule has 2 aliphatic heterocycles. The number of pyridine rings is 1. The number of urea groups is 1. The molecule has 4 unspecified atom stereocenters. The number of nitrogens with one attached hydrogen (secondary N) is 2. The Hall–Kier alpha value is -3.58. The first kappa shape index (κ1) is 30.4. The first-order valence-corrected chi connectivity index (χ1v) is 16.8. The van der Waals surface area contributed by atoms with Crippen molar-refractivity contribution in [1.29, 1.82) is 0 Å². The second-order valence-corrected chi connectivity index (χ2v) is 14.4. The van der Waals surface area contributed by atoms with Gasteiger partial charge in [-0.1, -0.05) is 23.8 Å². The largest absolute Gasteiger partial charge is 0.497 e. The average molecular weight is 646 g/mol. The molecule has 6 rings (SSSR count). The van der Waals surface area contributed by atoms with E-state index in [0.29, 0.717) is 30.5 Å². The van der Waals surface area contributed by atoms with Crippen LogP contribution in [0.15, 0.2) is 36.4 Å². The van der Waals surface area contributed by atoms with Crippen molar-refractivity contribution in [2.45, 2.75) is 67.9 Å². The maximum absolute atomic E-state index is 13.9. The summed E-state index contributed by atoms with van der Waals surface area (Å²) in [5, 5.41) is 3.94. The van der Waals surface area contributed by atoms with Crippen LogP contribution in [0.5, 0.6) is 11.6 Å². The molecule has 236 valence electrons. The molecule has 3 fully saturated rings. The maximum Gasteiger partial charge on any atom is 0.320 e. The third-order valence-electron chi connectivity index (χ3n) is 8.84. The van der Waals surface area contributed by atoms with E-state index in [1.165, 1.54) is 4.90 Å². The van der Waals surface area contributed by atoms with Crippen molar-refractivity contribution in [3.63, 3.8) is 0 Å². The van der Waals surface area contributed by atoms with Gasteiger partial charge in [-0.15, -0.1) is 0 Å². The topological polar surface area (TPSA) is 147 Å². The Bertz CT molecular complexity index is 1630. The Kier molecular flexibility index (Phi) is 8.12. The molecule has 2 aromatic rings. The van der Waals surface area contributed by atoms with E-state index in [9.17, 15) is 22.8 Å². The zero-order chi connectivity index (χ0) is 31.2. The summed E-state index contributed by atoms with van der Waals surface area (Å²) in [7, 11) is -0.557. The van der Waals surface area contributed by atoms with Crippen molar-refractivity contribution in [1.82, 2.24) is 24.8 Å². The summed E-state index contributed by atoms with van der Waals surface area (Å²) in [6.07, 6.45) is 6.97. The van der Waals surface area contributed by atoms with Crippen LogP contribution in [0.25, 0.3) is 10.8 Å². The second kappa shape index (κ2) is 11.7. The van der Waals surface area contributed by atoms with E-state index in [2.05, 4.69) is 15.0 Å². The zero-order valence-corrected chi connectivity index (χ0v) is 26.2. The molecule has 14 heteroatoms. The summed E-state index contributed by atoms with van der Waals surface area (Å²) >= 11 is 6.31. The summed E-state index contributed by atoms with van der Waals surface area (Å²) in [4.78, 5) is 48.4. The molecule has 1 aromatic heterocycles. The number of carbonyl (C=O) groups excluding carboxylic acids is 3. The molecule has 12 nitrogen and oxygen atoms in total. The fourth-order valence-corrected chi connectivity index (χ4v) is 7.60. The number of aromatic nitrogens is 1. The number of sulfonamides is 1. The van der Waals surface area contributed by atoms with Gasteiger partial charge in [0.25, 0.3) is 5.91 Å². The van der Waals surface area contributed by atoms with Gasteiger partial charge in [0, 0.05) is 31.3 Å². The van der Waals surface area contributed by atoms with Crippen LogP contribution < -0.4 is 19.5 Å². The molecule has 1 aromatic carbocycles. The number of methoxy groups -OCH3 is 1. The maximum atomic E-state index is 13.9. The molecular formula is C30H36ClN5O7S. The fraction of sp³-hybridized carbons (Fsp3) is 0.533. The van der Waals surface area contributed by atoms with Crippen LogP contribution >= 0.6 is 11.6 Å². The van der Waals surface area contributed by atoms with Gasteiger partial charge in [0.05, 0.1) is 18.9 Å². The number of hydrogen-bond acceptors (Lipinski definition) is 8. The molecule has 1 saturated heterocycles. The van der Waals surface area contributed by atoms with Crippen LogP contribution in [0, 0.1) is 5.92 Å². The predicted molar refractivity (Wildman–Crippen MR) is 163 cm³/mol. The highest BCUT2D eigenvalue weighted by Gasteiger charge is 2.62. The number of amides is 4. The minimum Gasteiger partial charge on any atom is -0.497 e. The van der Waals surface area contributed by atoms with Gasteiger partial charge in [0.1, 0.15) is 28.6 Å². The number of carbonyl (C=O) groups is 3. The number of ether oxygens (including phenoxy) is 2. The van der Waals surface area contributed by atoms with E-state index < -0.39 is 44.8 Å². The van der Waals surface area contributed by atoms with E-state index >= 15 is 0 Å². The third kappa shape index (κ3) is 6.03. The second-order valence-electron chi connectivity index (χ2n) is 12.1. The van der Waals surface area contributed by atoms with Gasteiger partial charge in [0.15, 0.2) is 0 Å². The van der Waals surface area contributed by atoms with Gasteiger partial charge in [-0.25, -0.2) is 18.2 Å². The molecule has 4 amide bonds. The summed E-state index contributed by atoms with van der Waals surface area (Å²) < 4.78 is 39.1. The molecule has 0 radical (unpaired) electrons. The molecule has 44 heavy (non-hydrogen) atoms. The van der Waals surface area contributed by atoms with Crippen molar-refractivity contribution in [3.05, 3.63) is 41.6 Å². The Morgan fingerprint density at radius 3 is 2.75 bits per heavy atom. The minimum atomic E-state index is -3.82. The Labute approximate surface area is 261 Å². The molecule has 0 spiro atoms. The van der Waals surface area contributed by atoms with Gasteiger partial charge < -0.3 is 24.6 Å². The number of hydrogen-bond donors (Lipinski definition) is 2. The highest BCUT2D eigenvalue weighted by atomic mass is 35.5. The number of fused-ring (bicyclic) bond motifs is 3. The highest BCUT2D eigenvalue weighted by molar-refractivity contribution is 7.91. The Balaban J connectivity index is 1.28. The molecule has 2 saturated carbocycles. The number of halogens is 1. The van der Waals surface area contributed by atoms with Crippen molar-refractivity contribution in [3.8, 4) is 11.6 Å². The number of benzene rings is 1. The van der Waals surface area contributed by atoms with Crippen LogP contribution in [0.2, 0.25) is 5.15 Å². The number of allylic oxidation sites excluding steroid dienone is 1. The monoisotopic (exact) mass is 645 g/mol. The van der Waals surface area contributed by atoms with Gasteiger partial charge in [-0.05, 0) is 68.2 Å². The van der Waals surface area contributed by atoms with E-state index in [4.69, 9.17) is 21.1 Å². The molecule has 2 aliphatic carbocycles. The lowest BCUT2D eigenvalue weighted by atomic mass is 10.1. The van der Waals surface area contributed by atoms with Crippen LogP contribution in [0.3, 0.4) is 0 Å². The number of nitrogens with zero attached hydrogens (tertiary/aromatic N) is 3. The molecule has 4 atom stereocenters. The minimum absolute atomic E-state index is 0.103. The van der Waals surface area contributed by atoms with Gasteiger partial charge in [-0.3, -0.25) is 14.3 Å². The van der Waals surface area contributed by atoms with Crippen molar-refractivity contribution in [2.24, 2.45) is 5.92 Å².